The number of anilines is 1. The Morgan fingerprint density at radius 3 is 2.76 bits per heavy atom. The van der Waals surface area contributed by atoms with Crippen LogP contribution >= 0.6 is 11.3 Å². The summed E-state index contributed by atoms with van der Waals surface area (Å²) in [5, 5.41) is 5.39. The Kier molecular flexibility index (Phi) is 5.14. The molecule has 0 radical (unpaired) electrons. The lowest BCUT2D eigenvalue weighted by atomic mass is 10.1. The first kappa shape index (κ1) is 17.2. The number of thiazole rings is 1. The molecule has 0 saturated carbocycles. The van der Waals surface area contributed by atoms with Crippen LogP contribution in [0.15, 0.2) is 47.8 Å². The van der Waals surface area contributed by atoms with Crippen molar-refractivity contribution < 1.29 is 9.53 Å². The van der Waals surface area contributed by atoms with E-state index in [9.17, 15) is 4.79 Å². The van der Waals surface area contributed by atoms with Gasteiger partial charge in [0, 0.05) is 16.5 Å². The zero-order valence-corrected chi connectivity index (χ0v) is 15.3. The van der Waals surface area contributed by atoms with Crippen LogP contribution in [0.5, 0.6) is 5.75 Å². The molecule has 1 amide bonds. The smallest absolute Gasteiger partial charge is 0.257 e. The molecule has 3 rings (SSSR count). The first-order chi connectivity index (χ1) is 12.1. The van der Waals surface area contributed by atoms with Gasteiger partial charge < -0.3 is 4.74 Å². The number of nitrogens with one attached hydrogen (secondary N) is 1. The van der Waals surface area contributed by atoms with Crippen molar-refractivity contribution in [3.05, 3.63) is 64.5 Å². The minimum absolute atomic E-state index is 0.192. The van der Waals surface area contributed by atoms with E-state index < -0.39 is 0 Å². The maximum atomic E-state index is 12.4. The van der Waals surface area contributed by atoms with Gasteiger partial charge in [-0.3, -0.25) is 10.1 Å². The molecule has 3 aromatic rings. The number of aromatic nitrogens is 1. The standard InChI is InChI=1S/C20H20N2O2S/c1-4-24-17-7-5-6-16(11-17)19(23)22-20-21-18(12-25-20)15-9-8-13(2)14(3)10-15/h5-12H,4H2,1-3H3,(H,21,22,23). The number of benzene rings is 2. The molecule has 25 heavy (non-hydrogen) atoms. The van der Waals surface area contributed by atoms with Gasteiger partial charge in [0.25, 0.3) is 5.91 Å². The van der Waals surface area contributed by atoms with E-state index in [4.69, 9.17) is 4.74 Å². The van der Waals surface area contributed by atoms with Crippen LogP contribution in [0.4, 0.5) is 5.13 Å². The number of nitrogens with zero attached hydrogens (tertiary/aromatic N) is 1. The second-order valence-corrected chi connectivity index (χ2v) is 6.61. The van der Waals surface area contributed by atoms with Crippen LogP contribution in [0.2, 0.25) is 0 Å². The van der Waals surface area contributed by atoms with Gasteiger partial charge in [-0.15, -0.1) is 11.3 Å². The van der Waals surface area contributed by atoms with Crippen molar-refractivity contribution in [2.24, 2.45) is 0 Å². The number of hydrogen-bond acceptors (Lipinski definition) is 4. The van der Waals surface area contributed by atoms with Crippen molar-refractivity contribution >= 4 is 22.4 Å². The zero-order valence-electron chi connectivity index (χ0n) is 14.5. The molecular formula is C20H20N2O2S. The number of ether oxygens (including phenoxy) is 1. The van der Waals surface area contributed by atoms with Gasteiger partial charge >= 0.3 is 0 Å². The molecule has 0 atom stereocenters. The van der Waals surface area contributed by atoms with E-state index in [1.165, 1.54) is 22.5 Å². The van der Waals surface area contributed by atoms with Crippen LogP contribution in [0, 0.1) is 13.8 Å². The van der Waals surface area contributed by atoms with Gasteiger partial charge in [0.2, 0.25) is 0 Å². The van der Waals surface area contributed by atoms with Crippen molar-refractivity contribution in [2.75, 3.05) is 11.9 Å². The summed E-state index contributed by atoms with van der Waals surface area (Å²) < 4.78 is 5.44. The van der Waals surface area contributed by atoms with E-state index in [1.54, 1.807) is 12.1 Å². The summed E-state index contributed by atoms with van der Waals surface area (Å²) in [6.45, 7) is 6.65. The average molecular weight is 352 g/mol. The monoisotopic (exact) mass is 352 g/mol. The van der Waals surface area contributed by atoms with Gasteiger partial charge in [-0.1, -0.05) is 18.2 Å². The zero-order chi connectivity index (χ0) is 17.8. The summed E-state index contributed by atoms with van der Waals surface area (Å²) in [7, 11) is 0. The highest BCUT2D eigenvalue weighted by atomic mass is 32.1. The van der Waals surface area contributed by atoms with Crippen molar-refractivity contribution in [1.82, 2.24) is 4.98 Å². The number of hydrogen-bond donors (Lipinski definition) is 1. The van der Waals surface area contributed by atoms with Crippen molar-refractivity contribution in [3.63, 3.8) is 0 Å². The quantitative estimate of drug-likeness (QED) is 0.697. The normalized spacial score (nSPS) is 10.5. The molecule has 4 nitrogen and oxygen atoms in total. The van der Waals surface area contributed by atoms with Crippen molar-refractivity contribution in [2.45, 2.75) is 20.8 Å². The minimum Gasteiger partial charge on any atom is -0.494 e. The highest BCUT2D eigenvalue weighted by molar-refractivity contribution is 7.14. The van der Waals surface area contributed by atoms with Crippen LogP contribution < -0.4 is 10.1 Å². The summed E-state index contributed by atoms with van der Waals surface area (Å²) in [6, 6.07) is 13.4. The molecule has 0 aliphatic heterocycles. The maximum absolute atomic E-state index is 12.4. The lowest BCUT2D eigenvalue weighted by Crippen LogP contribution is -2.11. The number of aryl methyl sites for hydroxylation is 2. The molecule has 0 unspecified atom stereocenters. The van der Waals surface area contributed by atoms with E-state index in [-0.39, 0.29) is 5.91 Å². The third-order valence-electron chi connectivity index (χ3n) is 3.93. The summed E-state index contributed by atoms with van der Waals surface area (Å²) in [5.74, 6) is 0.493. The summed E-state index contributed by atoms with van der Waals surface area (Å²) in [4.78, 5) is 16.9. The molecule has 0 spiro atoms. The van der Waals surface area contributed by atoms with E-state index in [2.05, 4.69) is 42.3 Å². The van der Waals surface area contributed by atoms with E-state index in [1.807, 2.05) is 24.4 Å². The fourth-order valence-electron chi connectivity index (χ4n) is 2.43. The Morgan fingerprint density at radius 1 is 1.16 bits per heavy atom. The van der Waals surface area contributed by atoms with Gasteiger partial charge in [-0.25, -0.2) is 4.98 Å². The topological polar surface area (TPSA) is 51.2 Å². The second-order valence-electron chi connectivity index (χ2n) is 5.75. The molecule has 0 bridgehead atoms. The van der Waals surface area contributed by atoms with Crippen LogP contribution in [0.3, 0.4) is 0 Å². The number of amides is 1. The van der Waals surface area contributed by atoms with Gasteiger partial charge in [0.05, 0.1) is 12.3 Å². The molecule has 1 aromatic heterocycles. The van der Waals surface area contributed by atoms with Gasteiger partial charge in [0.15, 0.2) is 5.13 Å². The first-order valence-electron chi connectivity index (χ1n) is 8.14. The molecule has 0 saturated heterocycles. The highest BCUT2D eigenvalue weighted by Gasteiger charge is 2.11. The molecule has 0 aliphatic carbocycles. The largest absolute Gasteiger partial charge is 0.494 e. The third kappa shape index (κ3) is 4.06. The fraction of sp³-hybridized carbons (Fsp3) is 0.200. The lowest BCUT2D eigenvalue weighted by Gasteiger charge is -2.06. The first-order valence-corrected chi connectivity index (χ1v) is 9.02. The molecule has 0 fully saturated rings. The minimum atomic E-state index is -0.192. The van der Waals surface area contributed by atoms with Gasteiger partial charge in [0.1, 0.15) is 5.75 Å². The van der Waals surface area contributed by atoms with E-state index >= 15 is 0 Å². The van der Waals surface area contributed by atoms with Crippen LogP contribution in [0.25, 0.3) is 11.3 Å². The molecule has 1 N–H and O–H groups in total. The molecule has 128 valence electrons. The molecular weight excluding hydrogens is 332 g/mol. The Labute approximate surface area is 151 Å². The molecule has 5 heteroatoms. The van der Waals surface area contributed by atoms with Crippen molar-refractivity contribution in [1.29, 1.82) is 0 Å². The lowest BCUT2D eigenvalue weighted by molar-refractivity contribution is 0.102. The average Bonchev–Trinajstić information content (AvgIpc) is 3.06. The fourth-order valence-corrected chi connectivity index (χ4v) is 3.14. The summed E-state index contributed by atoms with van der Waals surface area (Å²) in [6.07, 6.45) is 0. The third-order valence-corrected chi connectivity index (χ3v) is 4.69. The van der Waals surface area contributed by atoms with Crippen LogP contribution in [-0.2, 0) is 0 Å². The van der Waals surface area contributed by atoms with Crippen LogP contribution in [0.1, 0.15) is 28.4 Å². The van der Waals surface area contributed by atoms with Crippen molar-refractivity contribution in [3.8, 4) is 17.0 Å². The van der Waals surface area contributed by atoms with E-state index in [0.717, 1.165) is 11.3 Å². The van der Waals surface area contributed by atoms with Gasteiger partial charge in [-0.2, -0.15) is 0 Å². The maximum Gasteiger partial charge on any atom is 0.257 e. The predicted molar refractivity (Wildman–Crippen MR) is 103 cm³/mol. The number of carbonyl (C=O) groups excluding carboxylic acids is 1. The summed E-state index contributed by atoms with van der Waals surface area (Å²) in [5.41, 5.74) is 4.95. The Morgan fingerprint density at radius 2 is 2.00 bits per heavy atom. The van der Waals surface area contributed by atoms with E-state index in [0.29, 0.717) is 23.1 Å². The molecule has 2 aromatic carbocycles. The molecule has 0 aliphatic rings. The predicted octanol–water partition coefficient (Wildman–Crippen LogP) is 5.08. The van der Waals surface area contributed by atoms with Crippen LogP contribution in [-0.4, -0.2) is 17.5 Å². The number of carbonyl (C=O) groups is 1. The second kappa shape index (κ2) is 7.49. The summed E-state index contributed by atoms with van der Waals surface area (Å²) >= 11 is 1.42. The Balaban J connectivity index is 1.75. The number of rotatable bonds is 5. The Hall–Kier alpha value is -2.66. The SMILES string of the molecule is CCOc1cccc(C(=O)Nc2nc(-c3ccc(C)c(C)c3)cs2)c1. The highest BCUT2D eigenvalue weighted by Crippen LogP contribution is 2.27. The molecule has 1 heterocycles. The van der Waals surface area contributed by atoms with Gasteiger partial charge in [-0.05, 0) is 56.2 Å². The Bertz CT molecular complexity index is 902.